The van der Waals surface area contributed by atoms with E-state index in [4.69, 9.17) is 9.72 Å². The van der Waals surface area contributed by atoms with Crippen LogP contribution in [0.3, 0.4) is 0 Å². The van der Waals surface area contributed by atoms with Gasteiger partial charge in [-0.1, -0.05) is 106 Å². The molecule has 6 nitrogen and oxygen atoms in total. The number of ether oxygens (including phenoxy) is 1. The number of nitrogens with zero attached hydrogens (tertiary/aromatic N) is 5. The second kappa shape index (κ2) is 14.2. The number of hydrogen-bond acceptors (Lipinski definition) is 5. The largest absolute Gasteiger partial charge is 0.510 e. The van der Waals surface area contributed by atoms with Crippen LogP contribution in [0.4, 0.5) is 22.7 Å². The maximum absolute atomic E-state index is 7.04. The van der Waals surface area contributed by atoms with Crippen molar-refractivity contribution in [3.63, 3.8) is 0 Å². The maximum atomic E-state index is 7.04. The molecule has 2 aromatic heterocycles. The third-order valence-corrected chi connectivity index (χ3v) is 10.8. The van der Waals surface area contributed by atoms with Crippen molar-refractivity contribution < 1.29 is 25.8 Å². The molecule has 8 heteroatoms. The minimum Gasteiger partial charge on any atom is -0.510 e. The van der Waals surface area contributed by atoms with E-state index in [1.54, 1.807) is 0 Å². The summed E-state index contributed by atoms with van der Waals surface area (Å²) >= 11 is 0. The molecule has 0 amide bonds. The van der Waals surface area contributed by atoms with E-state index in [0.29, 0.717) is 0 Å². The van der Waals surface area contributed by atoms with E-state index in [2.05, 4.69) is 156 Å². The molecule has 0 unspecified atom stereocenters. The van der Waals surface area contributed by atoms with E-state index in [1.807, 2.05) is 55.4 Å². The molecule has 0 fully saturated rings. The van der Waals surface area contributed by atoms with Crippen molar-refractivity contribution in [3.05, 3.63) is 181 Å². The zero-order chi connectivity index (χ0) is 37.2. The summed E-state index contributed by atoms with van der Waals surface area (Å²) in [6.07, 6.45) is 5.92. The summed E-state index contributed by atoms with van der Waals surface area (Å²) in [5.74, 6) is 2.51. The Hall–Kier alpha value is -6.04. The van der Waals surface area contributed by atoms with E-state index in [1.165, 1.54) is 22.2 Å². The number of benzene rings is 6. The second-order valence-corrected chi connectivity index (χ2v) is 14.5. The zero-order valence-corrected chi connectivity index (χ0v) is 33.7. The van der Waals surface area contributed by atoms with Crippen LogP contribution < -0.4 is 30.9 Å². The number of anilines is 4. The second-order valence-electron chi connectivity index (χ2n) is 14.5. The van der Waals surface area contributed by atoms with Crippen LogP contribution in [0.2, 0.25) is 0 Å². The Bertz CT molecular complexity index is 2790. The molecular formula is C48H37BN5OPt-3. The average molecular weight is 906 g/mol. The third-order valence-electron chi connectivity index (χ3n) is 10.8. The molecule has 0 bridgehead atoms. The Labute approximate surface area is 342 Å². The van der Waals surface area contributed by atoms with Crippen LogP contribution in [0.15, 0.2) is 146 Å². The van der Waals surface area contributed by atoms with Gasteiger partial charge in [-0.25, -0.2) is 4.98 Å². The van der Waals surface area contributed by atoms with Gasteiger partial charge >= 0.3 is 0 Å². The Morgan fingerprint density at radius 3 is 2.27 bits per heavy atom. The molecule has 0 radical (unpaired) electrons. The minimum atomic E-state index is -0.0179. The Balaban J connectivity index is 0.00000410. The van der Waals surface area contributed by atoms with Crippen LogP contribution in [0, 0.1) is 39.6 Å². The SMILES string of the molecule is Cc1cc(C)c(B2c3ccccc3Oc3c2cccc3N(c2[c-]c(N3C=CN(C)[CH-]3)ccc2)c2[c-]c3c(cc2)c2ccccc2n3-c2ccccn2)c(C)c1.[Pt]. The zero-order valence-electron chi connectivity index (χ0n) is 31.5. The van der Waals surface area contributed by atoms with Crippen molar-refractivity contribution >= 4 is 67.7 Å². The van der Waals surface area contributed by atoms with Gasteiger partial charge in [-0.2, -0.15) is 18.8 Å². The van der Waals surface area contributed by atoms with Crippen LogP contribution >= 0.6 is 0 Å². The van der Waals surface area contributed by atoms with Crippen LogP contribution in [-0.4, -0.2) is 28.2 Å². The maximum Gasteiger partial charge on any atom is 0.251 e. The van der Waals surface area contributed by atoms with Crippen LogP contribution in [0.5, 0.6) is 11.5 Å². The molecular weight excluding hydrogens is 868 g/mol. The normalized spacial score (nSPS) is 13.1. The van der Waals surface area contributed by atoms with Gasteiger partial charge in [0, 0.05) is 32.8 Å². The first-order valence-corrected chi connectivity index (χ1v) is 18.6. The Morgan fingerprint density at radius 1 is 0.714 bits per heavy atom. The molecule has 0 saturated heterocycles. The predicted molar refractivity (Wildman–Crippen MR) is 226 cm³/mol. The summed E-state index contributed by atoms with van der Waals surface area (Å²) in [5.41, 5.74) is 13.0. The third kappa shape index (κ3) is 5.89. The average Bonchev–Trinajstić information content (AvgIpc) is 3.79. The van der Waals surface area contributed by atoms with E-state index in [0.717, 1.165) is 72.8 Å². The number of aromatic nitrogens is 2. The number of pyridine rings is 1. The van der Waals surface area contributed by atoms with Crippen molar-refractivity contribution in [2.24, 2.45) is 0 Å². The van der Waals surface area contributed by atoms with Crippen molar-refractivity contribution in [2.75, 3.05) is 16.8 Å². The number of aryl methyl sites for hydroxylation is 3. The van der Waals surface area contributed by atoms with Crippen LogP contribution in [-0.2, 0) is 21.1 Å². The standard InChI is InChI=1S/C48H37BN5O.Pt/c1-32-27-33(2)47(34(3)28-32)49-40-16-6-8-20-45(40)55-48-41(49)17-12-19-43(48)53(36-14-11-13-35(29-36)52-26-25-51(4)31-52)37-22-23-39-38-15-5-7-18-42(38)54(44(39)30-37)46-21-9-10-24-50-46;/h5-28,31H,1-4H3;/q-3;. The van der Waals surface area contributed by atoms with Gasteiger partial charge < -0.3 is 24.0 Å². The molecule has 0 atom stereocenters. The van der Waals surface area contributed by atoms with Crippen molar-refractivity contribution in [3.8, 4) is 17.3 Å². The number of hydrogen-bond donors (Lipinski definition) is 0. The van der Waals surface area contributed by atoms with Crippen molar-refractivity contribution in [1.29, 1.82) is 0 Å². The van der Waals surface area contributed by atoms with Crippen molar-refractivity contribution in [1.82, 2.24) is 14.5 Å². The van der Waals surface area contributed by atoms with E-state index < -0.39 is 0 Å². The van der Waals surface area contributed by atoms with E-state index >= 15 is 0 Å². The fourth-order valence-corrected chi connectivity index (χ4v) is 8.55. The van der Waals surface area contributed by atoms with Crippen LogP contribution in [0.25, 0.3) is 27.6 Å². The predicted octanol–water partition coefficient (Wildman–Crippen LogP) is 9.14. The molecule has 56 heavy (non-hydrogen) atoms. The van der Waals surface area contributed by atoms with Gasteiger partial charge in [0.05, 0.1) is 5.69 Å². The van der Waals surface area contributed by atoms with Gasteiger partial charge in [-0.05, 0) is 86.9 Å². The molecule has 0 aliphatic carbocycles. The molecule has 276 valence electrons. The smallest absolute Gasteiger partial charge is 0.251 e. The first kappa shape index (κ1) is 35.7. The summed E-state index contributed by atoms with van der Waals surface area (Å²) in [5, 5.41) is 2.25. The molecule has 4 heterocycles. The summed E-state index contributed by atoms with van der Waals surface area (Å²) in [7, 11) is 2.02. The molecule has 0 spiro atoms. The molecule has 8 aromatic rings. The first-order valence-electron chi connectivity index (χ1n) is 18.6. The first-order chi connectivity index (χ1) is 26.9. The van der Waals surface area contributed by atoms with Gasteiger partial charge in [0.2, 0.25) is 0 Å². The number of fused-ring (bicyclic) bond motifs is 5. The summed E-state index contributed by atoms with van der Waals surface area (Å²) in [4.78, 5) is 11.2. The van der Waals surface area contributed by atoms with Gasteiger partial charge in [0.25, 0.3) is 6.71 Å². The quantitative estimate of drug-likeness (QED) is 0.123. The fraction of sp³-hybridized carbons (Fsp3) is 0.0833. The molecule has 2 aliphatic heterocycles. The molecule has 2 aliphatic rings. The summed E-state index contributed by atoms with van der Waals surface area (Å²) in [6.45, 7) is 8.66. The Morgan fingerprint density at radius 2 is 1.46 bits per heavy atom. The van der Waals surface area contributed by atoms with E-state index in [9.17, 15) is 0 Å². The van der Waals surface area contributed by atoms with Crippen LogP contribution in [0.1, 0.15) is 16.7 Å². The molecule has 10 rings (SSSR count). The summed E-state index contributed by atoms with van der Waals surface area (Å²) in [6, 6.07) is 52.4. The molecule has 0 saturated carbocycles. The molecule has 0 N–H and O–H groups in total. The number of rotatable bonds is 6. The van der Waals surface area contributed by atoms with Crippen molar-refractivity contribution in [2.45, 2.75) is 20.8 Å². The monoisotopic (exact) mass is 905 g/mol. The topological polar surface area (TPSA) is 36.8 Å². The van der Waals surface area contributed by atoms with E-state index in [-0.39, 0.29) is 27.8 Å². The van der Waals surface area contributed by atoms with Gasteiger partial charge in [0.1, 0.15) is 17.3 Å². The molecule has 6 aromatic carbocycles. The van der Waals surface area contributed by atoms with Gasteiger partial charge in [-0.3, -0.25) is 0 Å². The minimum absolute atomic E-state index is 0. The summed E-state index contributed by atoms with van der Waals surface area (Å²) < 4.78 is 9.25. The number of para-hydroxylation sites is 3. The van der Waals surface area contributed by atoms with Gasteiger partial charge in [0.15, 0.2) is 0 Å². The van der Waals surface area contributed by atoms with Gasteiger partial charge in [-0.15, -0.1) is 41.4 Å². The fourth-order valence-electron chi connectivity index (χ4n) is 8.55. The Kier molecular flexibility index (Phi) is 9.06.